The van der Waals surface area contributed by atoms with E-state index < -0.39 is 0 Å². The Morgan fingerprint density at radius 3 is 2.10 bits per heavy atom. The quantitative estimate of drug-likeness (QED) is 0.203. The first-order chi connectivity index (χ1) is 23.8. The lowest BCUT2D eigenvalue weighted by atomic mass is 10.2. The number of hydrogen-bond donors (Lipinski definition) is 1. The SMILES string of the molecule is Cc1cc(C)n2nc(C=Cc3nc(-c4ccccc4)cn3C)nc2n1.Cc1cc(C)n2nc(C=Cc3ncc(-c4ccccc4)[nH]3)nc2c1. The number of benzene rings is 2. The standard InChI is InChI=1S/C19H18N6.C19H17N5/c1-13-11-14(2)25-19(20-13)22-17(23-25)9-10-18-21-16(12-24(18)3)15-7-5-4-6-8-15;1-13-10-14(2)24-19(11-13)22-18(23-24)9-8-17-20-12-16(21-17)15-6-4-3-5-7-15/h4-12H,1-3H3;3-12H,1-2H3,(H,20,21). The van der Waals surface area contributed by atoms with Gasteiger partial charge in [0.1, 0.15) is 11.6 Å². The minimum absolute atomic E-state index is 0.613. The highest BCUT2D eigenvalue weighted by Crippen LogP contribution is 2.19. The first-order valence-corrected chi connectivity index (χ1v) is 15.9. The first kappa shape index (κ1) is 31.1. The molecule has 0 saturated heterocycles. The average Bonchev–Trinajstić information content (AvgIpc) is 3.90. The minimum Gasteiger partial charge on any atom is -0.338 e. The van der Waals surface area contributed by atoms with Crippen LogP contribution in [0.3, 0.4) is 0 Å². The van der Waals surface area contributed by atoms with Crippen molar-refractivity contribution in [2.75, 3.05) is 0 Å². The Morgan fingerprint density at radius 1 is 0.653 bits per heavy atom. The topological polar surface area (TPSA) is 120 Å². The summed E-state index contributed by atoms with van der Waals surface area (Å²) in [6, 6.07) is 26.4. The number of pyridine rings is 1. The molecule has 0 bridgehead atoms. The minimum atomic E-state index is 0.613. The normalized spacial score (nSPS) is 11.6. The summed E-state index contributed by atoms with van der Waals surface area (Å²) in [5.41, 5.74) is 9.20. The number of rotatable bonds is 6. The Balaban J connectivity index is 0.000000154. The number of fused-ring (bicyclic) bond motifs is 2. The number of H-pyrrole nitrogens is 1. The molecular formula is C38H35N11. The number of imidazole rings is 2. The highest BCUT2D eigenvalue weighted by molar-refractivity contribution is 5.68. The second-order valence-electron chi connectivity index (χ2n) is 11.8. The van der Waals surface area contributed by atoms with Crippen LogP contribution in [0.1, 0.15) is 45.9 Å². The highest BCUT2D eigenvalue weighted by atomic mass is 15.3. The van der Waals surface area contributed by atoms with Crippen LogP contribution in [0.15, 0.2) is 91.3 Å². The van der Waals surface area contributed by atoms with E-state index in [2.05, 4.69) is 77.4 Å². The molecule has 0 amide bonds. The van der Waals surface area contributed by atoms with Crippen LogP contribution in [0.5, 0.6) is 0 Å². The van der Waals surface area contributed by atoms with E-state index in [1.807, 2.05) is 122 Å². The Kier molecular flexibility index (Phi) is 8.46. The van der Waals surface area contributed by atoms with Gasteiger partial charge in [0.2, 0.25) is 0 Å². The summed E-state index contributed by atoms with van der Waals surface area (Å²) < 4.78 is 5.59. The highest BCUT2D eigenvalue weighted by Gasteiger charge is 2.08. The summed E-state index contributed by atoms with van der Waals surface area (Å²) in [4.78, 5) is 25.8. The van der Waals surface area contributed by atoms with Gasteiger partial charge < -0.3 is 9.55 Å². The molecule has 0 saturated carbocycles. The monoisotopic (exact) mass is 645 g/mol. The fourth-order valence-electron chi connectivity index (χ4n) is 5.52. The van der Waals surface area contributed by atoms with Crippen LogP contribution >= 0.6 is 0 Å². The molecule has 6 heterocycles. The first-order valence-electron chi connectivity index (χ1n) is 15.9. The molecule has 0 aliphatic carbocycles. The molecule has 242 valence electrons. The summed E-state index contributed by atoms with van der Waals surface area (Å²) in [5, 5.41) is 8.99. The average molecular weight is 646 g/mol. The van der Waals surface area contributed by atoms with Crippen LogP contribution in [-0.2, 0) is 7.05 Å². The van der Waals surface area contributed by atoms with Gasteiger partial charge in [-0.1, -0.05) is 60.7 Å². The van der Waals surface area contributed by atoms with Gasteiger partial charge in [-0.15, -0.1) is 10.2 Å². The molecule has 6 aromatic heterocycles. The molecule has 1 N–H and O–H groups in total. The van der Waals surface area contributed by atoms with Gasteiger partial charge >= 0.3 is 0 Å². The molecule has 2 aromatic carbocycles. The van der Waals surface area contributed by atoms with Crippen molar-refractivity contribution in [2.45, 2.75) is 27.7 Å². The molecule has 0 aliphatic heterocycles. The fourth-order valence-corrected chi connectivity index (χ4v) is 5.52. The van der Waals surface area contributed by atoms with E-state index >= 15 is 0 Å². The van der Waals surface area contributed by atoms with Crippen LogP contribution in [-0.4, -0.2) is 53.7 Å². The molecule has 8 aromatic rings. The number of nitrogens with one attached hydrogen (secondary N) is 1. The predicted octanol–water partition coefficient (Wildman–Crippen LogP) is 7.22. The van der Waals surface area contributed by atoms with Crippen molar-refractivity contribution in [1.29, 1.82) is 0 Å². The van der Waals surface area contributed by atoms with E-state index in [1.165, 1.54) is 5.56 Å². The van der Waals surface area contributed by atoms with Gasteiger partial charge in [-0.3, -0.25) is 0 Å². The summed E-state index contributed by atoms with van der Waals surface area (Å²) >= 11 is 0. The van der Waals surface area contributed by atoms with Crippen LogP contribution in [0.2, 0.25) is 0 Å². The van der Waals surface area contributed by atoms with E-state index in [-0.39, 0.29) is 0 Å². The molecule has 0 aliphatic rings. The van der Waals surface area contributed by atoms with Gasteiger partial charge in [0.25, 0.3) is 5.78 Å². The summed E-state index contributed by atoms with van der Waals surface area (Å²) in [7, 11) is 1.98. The summed E-state index contributed by atoms with van der Waals surface area (Å²) in [6.45, 7) is 8.04. The second-order valence-corrected chi connectivity index (χ2v) is 11.8. The fraction of sp³-hybridized carbons (Fsp3) is 0.132. The maximum absolute atomic E-state index is 4.68. The number of hydrogen-bond acceptors (Lipinski definition) is 7. The number of nitrogens with zero attached hydrogens (tertiary/aromatic N) is 10. The van der Waals surface area contributed by atoms with Crippen LogP contribution in [0.4, 0.5) is 0 Å². The lowest BCUT2D eigenvalue weighted by Crippen LogP contribution is -1.97. The molecule has 11 heteroatoms. The van der Waals surface area contributed by atoms with Crippen molar-refractivity contribution in [3.8, 4) is 22.5 Å². The van der Waals surface area contributed by atoms with Crippen LogP contribution in [0.25, 0.3) is 58.2 Å². The zero-order chi connectivity index (χ0) is 33.9. The molecule has 0 atom stereocenters. The largest absolute Gasteiger partial charge is 0.338 e. The van der Waals surface area contributed by atoms with Gasteiger partial charge in [0.15, 0.2) is 17.3 Å². The zero-order valence-electron chi connectivity index (χ0n) is 27.9. The summed E-state index contributed by atoms with van der Waals surface area (Å²) in [6.07, 6.45) is 11.4. The molecule has 0 spiro atoms. The van der Waals surface area contributed by atoms with Crippen molar-refractivity contribution in [3.63, 3.8) is 0 Å². The van der Waals surface area contributed by atoms with Crippen molar-refractivity contribution in [3.05, 3.63) is 137 Å². The zero-order valence-corrected chi connectivity index (χ0v) is 27.9. The van der Waals surface area contributed by atoms with Crippen molar-refractivity contribution < 1.29 is 0 Å². The van der Waals surface area contributed by atoms with Gasteiger partial charge in [0, 0.05) is 35.9 Å². The van der Waals surface area contributed by atoms with Crippen LogP contribution < -0.4 is 0 Å². The van der Waals surface area contributed by atoms with Gasteiger partial charge in [-0.2, -0.15) is 4.98 Å². The van der Waals surface area contributed by atoms with Gasteiger partial charge in [0.05, 0.1) is 17.6 Å². The molecule has 11 nitrogen and oxygen atoms in total. The van der Waals surface area contributed by atoms with Gasteiger partial charge in [-0.05, 0) is 81.3 Å². The number of aryl methyl sites for hydroxylation is 5. The molecule has 0 unspecified atom stereocenters. The second kappa shape index (κ2) is 13.3. The van der Waals surface area contributed by atoms with E-state index in [9.17, 15) is 0 Å². The third-order valence-electron chi connectivity index (χ3n) is 7.84. The number of aromatic amines is 1. The predicted molar refractivity (Wildman–Crippen MR) is 193 cm³/mol. The molecule has 49 heavy (non-hydrogen) atoms. The lowest BCUT2D eigenvalue weighted by Gasteiger charge is -1.98. The molecule has 0 fully saturated rings. The van der Waals surface area contributed by atoms with Crippen molar-refractivity contribution >= 4 is 35.7 Å². The Hall–Kier alpha value is -6.49. The third kappa shape index (κ3) is 6.96. The maximum atomic E-state index is 4.68. The maximum Gasteiger partial charge on any atom is 0.253 e. The Labute approximate surface area is 283 Å². The van der Waals surface area contributed by atoms with E-state index in [0.717, 1.165) is 56.9 Å². The summed E-state index contributed by atoms with van der Waals surface area (Å²) in [5.74, 6) is 3.52. The smallest absolute Gasteiger partial charge is 0.253 e. The molecule has 8 rings (SSSR count). The third-order valence-corrected chi connectivity index (χ3v) is 7.84. The van der Waals surface area contributed by atoms with E-state index in [1.54, 1.807) is 4.52 Å². The van der Waals surface area contributed by atoms with E-state index in [4.69, 9.17) is 0 Å². The Morgan fingerprint density at radius 2 is 1.33 bits per heavy atom. The van der Waals surface area contributed by atoms with Crippen LogP contribution in [0, 0.1) is 27.7 Å². The molecular weight excluding hydrogens is 610 g/mol. The van der Waals surface area contributed by atoms with E-state index in [0.29, 0.717) is 17.4 Å². The molecule has 0 radical (unpaired) electrons. The number of aromatic nitrogens is 11. The van der Waals surface area contributed by atoms with Gasteiger partial charge in [-0.25, -0.2) is 29.0 Å². The van der Waals surface area contributed by atoms with Crippen molar-refractivity contribution in [1.82, 2.24) is 53.7 Å². The van der Waals surface area contributed by atoms with Crippen molar-refractivity contribution in [2.24, 2.45) is 7.05 Å². The Bertz CT molecular complexity index is 2440. The lowest BCUT2D eigenvalue weighted by molar-refractivity contribution is 0.881.